The Hall–Kier alpha value is -2.11. The number of aliphatic hydroxyl groups is 1. The fourth-order valence-electron chi connectivity index (χ4n) is 3.52. The highest BCUT2D eigenvalue weighted by atomic mass is 19.1. The predicted octanol–water partition coefficient (Wildman–Crippen LogP) is 1.59. The van der Waals surface area contributed by atoms with Crippen molar-refractivity contribution in [3.8, 4) is 5.75 Å². The van der Waals surface area contributed by atoms with Gasteiger partial charge in [0.15, 0.2) is 0 Å². The number of nitrogens with zero attached hydrogens (tertiary/aromatic N) is 1. The smallest absolute Gasteiger partial charge is 0.146 e. The first-order chi connectivity index (χ1) is 12.5. The fourth-order valence-corrected chi connectivity index (χ4v) is 3.52. The number of halogens is 1. The number of piperazine rings is 1. The van der Waals surface area contributed by atoms with Gasteiger partial charge in [-0.3, -0.25) is 0 Å². The summed E-state index contributed by atoms with van der Waals surface area (Å²) in [5.41, 5.74) is 2.96. The maximum Gasteiger partial charge on any atom is 0.146 e. The molecule has 5 heteroatoms. The molecule has 2 aromatic rings. The molecule has 4 nitrogen and oxygen atoms in total. The molecule has 0 amide bonds. The van der Waals surface area contributed by atoms with E-state index in [1.807, 2.05) is 31.2 Å². The molecule has 2 N–H and O–H groups in total. The molecule has 0 saturated carbocycles. The highest BCUT2D eigenvalue weighted by Crippen LogP contribution is 2.19. The number of para-hydroxylation sites is 1. The summed E-state index contributed by atoms with van der Waals surface area (Å²) in [4.78, 5) is 3.41. The van der Waals surface area contributed by atoms with Gasteiger partial charge < -0.3 is 19.6 Å². The second-order valence-electron chi connectivity index (χ2n) is 7.13. The Kier molecular flexibility index (Phi) is 6.12. The van der Waals surface area contributed by atoms with Crippen molar-refractivity contribution < 1.29 is 19.1 Å². The van der Waals surface area contributed by atoms with Crippen molar-refractivity contribution in [1.82, 2.24) is 0 Å². The van der Waals surface area contributed by atoms with Crippen LogP contribution >= 0.6 is 0 Å². The lowest BCUT2D eigenvalue weighted by Crippen LogP contribution is -3.16. The molecule has 140 valence electrons. The lowest BCUT2D eigenvalue weighted by molar-refractivity contribution is -0.903. The molecule has 1 saturated heterocycles. The Bertz CT molecular complexity index is 730. The predicted molar refractivity (Wildman–Crippen MR) is 102 cm³/mol. The zero-order valence-electron chi connectivity index (χ0n) is 15.5. The lowest BCUT2D eigenvalue weighted by Gasteiger charge is -2.34. The van der Waals surface area contributed by atoms with Crippen LogP contribution in [0.15, 0.2) is 42.5 Å². The number of aliphatic hydroxyl groups excluding tert-OH is 1. The Morgan fingerprint density at radius 3 is 2.58 bits per heavy atom. The largest absolute Gasteiger partial charge is 0.490 e. The number of rotatable bonds is 6. The van der Waals surface area contributed by atoms with Crippen molar-refractivity contribution in [2.45, 2.75) is 20.0 Å². The van der Waals surface area contributed by atoms with E-state index in [9.17, 15) is 9.50 Å². The first kappa shape index (κ1) is 18.7. The van der Waals surface area contributed by atoms with Crippen LogP contribution in [-0.4, -0.2) is 50.5 Å². The van der Waals surface area contributed by atoms with E-state index in [0.29, 0.717) is 18.8 Å². The number of quaternary nitrogens is 1. The van der Waals surface area contributed by atoms with Crippen molar-refractivity contribution in [3.63, 3.8) is 0 Å². The van der Waals surface area contributed by atoms with Crippen LogP contribution < -0.4 is 14.5 Å². The van der Waals surface area contributed by atoms with Crippen molar-refractivity contribution in [2.24, 2.45) is 0 Å². The van der Waals surface area contributed by atoms with Crippen LogP contribution in [0, 0.1) is 19.7 Å². The highest BCUT2D eigenvalue weighted by molar-refractivity contribution is 5.47. The van der Waals surface area contributed by atoms with E-state index in [0.717, 1.165) is 37.5 Å². The van der Waals surface area contributed by atoms with Crippen LogP contribution in [0.4, 0.5) is 10.1 Å². The summed E-state index contributed by atoms with van der Waals surface area (Å²) in [5.74, 6) is 0.659. The molecule has 3 rings (SSSR count). The summed E-state index contributed by atoms with van der Waals surface area (Å²) in [5, 5.41) is 10.3. The Morgan fingerprint density at radius 1 is 1.15 bits per heavy atom. The topological polar surface area (TPSA) is 37.1 Å². The minimum absolute atomic E-state index is 0.169. The summed E-state index contributed by atoms with van der Waals surface area (Å²) >= 11 is 0. The van der Waals surface area contributed by atoms with Crippen molar-refractivity contribution >= 4 is 5.69 Å². The van der Waals surface area contributed by atoms with E-state index in [2.05, 4.69) is 17.9 Å². The lowest BCUT2D eigenvalue weighted by atomic mass is 10.1. The molecular weight excluding hydrogens is 331 g/mol. The number of ether oxygens (including phenoxy) is 1. The van der Waals surface area contributed by atoms with Gasteiger partial charge in [-0.1, -0.05) is 29.8 Å². The maximum atomic E-state index is 13.9. The Balaban J connectivity index is 1.44. The van der Waals surface area contributed by atoms with Gasteiger partial charge in [0, 0.05) is 0 Å². The third-order valence-electron chi connectivity index (χ3n) is 4.95. The summed E-state index contributed by atoms with van der Waals surface area (Å²) in [6.07, 6.45) is -0.509. The second kappa shape index (κ2) is 8.52. The quantitative estimate of drug-likeness (QED) is 0.823. The van der Waals surface area contributed by atoms with Crippen molar-refractivity contribution in [1.29, 1.82) is 0 Å². The number of hydrogen-bond donors (Lipinski definition) is 2. The molecular formula is C21H28FN2O2+. The fraction of sp³-hybridized carbons (Fsp3) is 0.429. The SMILES string of the molecule is Cc1ccc(OC[C@@H](O)C[NH+]2CCN(c3ccccc3F)CC2)c(C)c1. The van der Waals surface area contributed by atoms with Gasteiger partial charge in [-0.05, 0) is 37.6 Å². The van der Waals surface area contributed by atoms with Gasteiger partial charge in [-0.2, -0.15) is 0 Å². The second-order valence-corrected chi connectivity index (χ2v) is 7.13. The molecule has 0 spiro atoms. The molecule has 26 heavy (non-hydrogen) atoms. The van der Waals surface area contributed by atoms with E-state index >= 15 is 0 Å². The van der Waals surface area contributed by atoms with Crippen LogP contribution in [0.25, 0.3) is 0 Å². The molecule has 2 aromatic carbocycles. The maximum absolute atomic E-state index is 13.9. The monoisotopic (exact) mass is 359 g/mol. The van der Waals surface area contributed by atoms with Gasteiger partial charge in [-0.25, -0.2) is 4.39 Å². The van der Waals surface area contributed by atoms with Crippen LogP contribution in [0.2, 0.25) is 0 Å². The molecule has 1 aliphatic heterocycles. The molecule has 0 bridgehead atoms. The third-order valence-corrected chi connectivity index (χ3v) is 4.95. The van der Waals surface area contributed by atoms with Gasteiger partial charge in [-0.15, -0.1) is 0 Å². The summed E-state index contributed by atoms with van der Waals surface area (Å²) in [6, 6.07) is 13.0. The molecule has 0 aromatic heterocycles. The normalized spacial score (nSPS) is 16.5. The van der Waals surface area contributed by atoms with Gasteiger partial charge in [0.25, 0.3) is 0 Å². The van der Waals surface area contributed by atoms with Crippen LogP contribution in [0.5, 0.6) is 5.75 Å². The number of benzene rings is 2. The minimum Gasteiger partial charge on any atom is -0.490 e. The van der Waals surface area contributed by atoms with Crippen molar-refractivity contribution in [3.05, 3.63) is 59.4 Å². The third kappa shape index (κ3) is 4.74. The molecule has 1 atom stereocenters. The molecule has 1 fully saturated rings. The molecule has 1 heterocycles. The van der Waals surface area contributed by atoms with Gasteiger partial charge in [0.1, 0.15) is 30.8 Å². The van der Waals surface area contributed by atoms with E-state index in [-0.39, 0.29) is 5.82 Å². The Morgan fingerprint density at radius 2 is 1.88 bits per heavy atom. The molecule has 0 radical (unpaired) electrons. The summed E-state index contributed by atoms with van der Waals surface area (Å²) in [6.45, 7) is 8.37. The van der Waals surface area contributed by atoms with E-state index in [1.54, 1.807) is 6.07 Å². The zero-order valence-corrected chi connectivity index (χ0v) is 15.5. The number of nitrogens with one attached hydrogen (secondary N) is 1. The van der Waals surface area contributed by atoms with Gasteiger partial charge in [0.05, 0.1) is 31.9 Å². The minimum atomic E-state index is -0.509. The first-order valence-corrected chi connectivity index (χ1v) is 9.24. The van der Waals surface area contributed by atoms with E-state index < -0.39 is 6.10 Å². The Labute approximate surface area is 154 Å². The molecule has 0 unspecified atom stereocenters. The van der Waals surface area contributed by atoms with Crippen molar-refractivity contribution in [2.75, 3.05) is 44.2 Å². The molecule has 1 aliphatic rings. The van der Waals surface area contributed by atoms with Crippen LogP contribution in [-0.2, 0) is 0 Å². The standard InChI is InChI=1S/C21H27FN2O2/c1-16-7-8-21(17(2)13-16)26-15-18(25)14-23-9-11-24(12-10-23)20-6-4-3-5-19(20)22/h3-8,13,18,25H,9-12,14-15H2,1-2H3/p+1/t18-/m0/s1. The number of aryl methyl sites for hydroxylation is 2. The number of anilines is 1. The average Bonchev–Trinajstić information content (AvgIpc) is 2.62. The van der Waals surface area contributed by atoms with E-state index in [1.165, 1.54) is 16.5 Å². The summed E-state index contributed by atoms with van der Waals surface area (Å²) in [7, 11) is 0. The summed E-state index contributed by atoms with van der Waals surface area (Å²) < 4.78 is 19.7. The zero-order chi connectivity index (χ0) is 18.5. The number of hydrogen-bond acceptors (Lipinski definition) is 3. The highest BCUT2D eigenvalue weighted by Gasteiger charge is 2.24. The van der Waals surface area contributed by atoms with Gasteiger partial charge in [0.2, 0.25) is 0 Å². The molecule has 0 aliphatic carbocycles. The average molecular weight is 359 g/mol. The van der Waals surface area contributed by atoms with Crippen LogP contribution in [0.3, 0.4) is 0 Å². The van der Waals surface area contributed by atoms with Gasteiger partial charge >= 0.3 is 0 Å². The van der Waals surface area contributed by atoms with E-state index in [4.69, 9.17) is 4.74 Å². The first-order valence-electron chi connectivity index (χ1n) is 9.24. The van der Waals surface area contributed by atoms with Crippen LogP contribution in [0.1, 0.15) is 11.1 Å².